The van der Waals surface area contributed by atoms with Crippen LogP contribution < -0.4 is 5.32 Å². The maximum Gasteiger partial charge on any atom is 0.251 e. The fourth-order valence-electron chi connectivity index (χ4n) is 2.68. The Morgan fingerprint density at radius 1 is 1.20 bits per heavy atom. The SMILES string of the molecule is Cc1ccc(C(=O)NC2CCc3cc(Cl)ccc32)cc1. The summed E-state index contributed by atoms with van der Waals surface area (Å²) in [6.45, 7) is 2.01. The van der Waals surface area contributed by atoms with Gasteiger partial charge in [0, 0.05) is 10.6 Å². The smallest absolute Gasteiger partial charge is 0.251 e. The van der Waals surface area contributed by atoms with E-state index in [1.54, 1.807) is 0 Å². The molecule has 0 radical (unpaired) electrons. The highest BCUT2D eigenvalue weighted by molar-refractivity contribution is 6.30. The predicted octanol–water partition coefficient (Wildman–Crippen LogP) is 4.07. The average molecular weight is 286 g/mol. The number of amides is 1. The van der Waals surface area contributed by atoms with Crippen LogP contribution in [0.5, 0.6) is 0 Å². The second-order valence-corrected chi connectivity index (χ2v) is 5.71. The van der Waals surface area contributed by atoms with Gasteiger partial charge in [-0.1, -0.05) is 35.4 Å². The molecule has 1 unspecified atom stereocenters. The van der Waals surface area contributed by atoms with E-state index in [0.717, 1.165) is 23.4 Å². The lowest BCUT2D eigenvalue weighted by Crippen LogP contribution is -2.27. The first-order valence-corrected chi connectivity index (χ1v) is 7.17. The highest BCUT2D eigenvalue weighted by Gasteiger charge is 2.24. The van der Waals surface area contributed by atoms with Crippen LogP contribution in [0.2, 0.25) is 5.02 Å². The molecule has 1 amide bonds. The van der Waals surface area contributed by atoms with E-state index in [-0.39, 0.29) is 11.9 Å². The second-order valence-electron chi connectivity index (χ2n) is 5.27. The van der Waals surface area contributed by atoms with Crippen molar-refractivity contribution < 1.29 is 4.79 Å². The summed E-state index contributed by atoms with van der Waals surface area (Å²) in [7, 11) is 0. The number of carbonyl (C=O) groups is 1. The zero-order valence-corrected chi connectivity index (χ0v) is 12.1. The number of aryl methyl sites for hydroxylation is 2. The van der Waals surface area contributed by atoms with Crippen LogP contribution in [0.25, 0.3) is 0 Å². The zero-order valence-electron chi connectivity index (χ0n) is 11.3. The zero-order chi connectivity index (χ0) is 14.1. The Kier molecular flexibility index (Phi) is 3.49. The molecule has 20 heavy (non-hydrogen) atoms. The van der Waals surface area contributed by atoms with Crippen LogP contribution >= 0.6 is 11.6 Å². The maximum absolute atomic E-state index is 12.3. The summed E-state index contributed by atoms with van der Waals surface area (Å²) in [5, 5.41) is 3.87. The van der Waals surface area contributed by atoms with Crippen LogP contribution in [0.3, 0.4) is 0 Å². The van der Waals surface area contributed by atoms with Crippen LogP contribution in [-0.4, -0.2) is 5.91 Å². The number of benzene rings is 2. The topological polar surface area (TPSA) is 29.1 Å². The Labute approximate surface area is 123 Å². The van der Waals surface area contributed by atoms with E-state index in [2.05, 4.69) is 5.32 Å². The monoisotopic (exact) mass is 285 g/mol. The molecule has 2 aromatic rings. The minimum atomic E-state index is -0.0159. The summed E-state index contributed by atoms with van der Waals surface area (Å²) in [4.78, 5) is 12.3. The molecule has 1 N–H and O–H groups in total. The fourth-order valence-corrected chi connectivity index (χ4v) is 2.88. The third-order valence-electron chi connectivity index (χ3n) is 3.80. The van der Waals surface area contributed by atoms with Crippen molar-refractivity contribution in [1.82, 2.24) is 5.32 Å². The molecule has 0 bridgehead atoms. The normalized spacial score (nSPS) is 16.8. The van der Waals surface area contributed by atoms with Gasteiger partial charge in [0.1, 0.15) is 0 Å². The van der Waals surface area contributed by atoms with Crippen LogP contribution in [0, 0.1) is 6.92 Å². The van der Waals surface area contributed by atoms with Crippen molar-refractivity contribution in [3.63, 3.8) is 0 Å². The molecule has 1 aliphatic rings. The van der Waals surface area contributed by atoms with E-state index in [1.807, 2.05) is 49.4 Å². The van der Waals surface area contributed by atoms with Gasteiger partial charge >= 0.3 is 0 Å². The number of hydrogen-bond donors (Lipinski definition) is 1. The van der Waals surface area contributed by atoms with Crippen molar-refractivity contribution in [1.29, 1.82) is 0 Å². The van der Waals surface area contributed by atoms with E-state index < -0.39 is 0 Å². The number of fused-ring (bicyclic) bond motifs is 1. The Hall–Kier alpha value is -1.80. The predicted molar refractivity (Wildman–Crippen MR) is 81.2 cm³/mol. The third kappa shape index (κ3) is 2.56. The van der Waals surface area contributed by atoms with E-state index in [0.29, 0.717) is 5.56 Å². The molecule has 1 aliphatic carbocycles. The number of carbonyl (C=O) groups excluding carboxylic acids is 1. The molecule has 0 spiro atoms. The first-order chi connectivity index (χ1) is 9.63. The molecule has 1 atom stereocenters. The average Bonchev–Trinajstić information content (AvgIpc) is 2.81. The van der Waals surface area contributed by atoms with Crippen LogP contribution in [0.4, 0.5) is 0 Å². The lowest BCUT2D eigenvalue weighted by molar-refractivity contribution is 0.0936. The van der Waals surface area contributed by atoms with Gasteiger partial charge in [-0.3, -0.25) is 4.79 Å². The molecule has 0 fully saturated rings. The van der Waals surface area contributed by atoms with Gasteiger partial charge in [-0.25, -0.2) is 0 Å². The molecular weight excluding hydrogens is 270 g/mol. The molecule has 3 rings (SSSR count). The van der Waals surface area contributed by atoms with E-state index in [1.165, 1.54) is 11.1 Å². The standard InChI is InChI=1S/C17H16ClNO/c1-11-2-4-12(5-3-11)17(20)19-16-9-6-13-10-14(18)7-8-15(13)16/h2-5,7-8,10,16H,6,9H2,1H3,(H,19,20). The molecule has 0 aliphatic heterocycles. The maximum atomic E-state index is 12.3. The third-order valence-corrected chi connectivity index (χ3v) is 4.04. The Bertz CT molecular complexity index is 649. The van der Waals surface area contributed by atoms with Crippen molar-refractivity contribution in [2.24, 2.45) is 0 Å². The van der Waals surface area contributed by atoms with Gasteiger partial charge in [-0.05, 0) is 55.2 Å². The minimum absolute atomic E-state index is 0.0159. The van der Waals surface area contributed by atoms with Crippen molar-refractivity contribution >= 4 is 17.5 Å². The molecule has 3 heteroatoms. The van der Waals surface area contributed by atoms with Crippen molar-refractivity contribution in [2.45, 2.75) is 25.8 Å². The van der Waals surface area contributed by atoms with Gasteiger partial charge in [0.2, 0.25) is 0 Å². The summed E-state index contributed by atoms with van der Waals surface area (Å²) < 4.78 is 0. The minimum Gasteiger partial charge on any atom is -0.345 e. The van der Waals surface area contributed by atoms with Gasteiger partial charge in [-0.15, -0.1) is 0 Å². The first-order valence-electron chi connectivity index (χ1n) is 6.79. The molecule has 102 valence electrons. The molecular formula is C17H16ClNO. The van der Waals surface area contributed by atoms with Gasteiger partial charge < -0.3 is 5.32 Å². The van der Waals surface area contributed by atoms with E-state index in [9.17, 15) is 4.79 Å². The Morgan fingerprint density at radius 3 is 2.70 bits per heavy atom. The first kappa shape index (κ1) is 13.2. The largest absolute Gasteiger partial charge is 0.345 e. The van der Waals surface area contributed by atoms with E-state index >= 15 is 0 Å². The molecule has 0 saturated heterocycles. The van der Waals surface area contributed by atoms with Crippen LogP contribution in [-0.2, 0) is 6.42 Å². The van der Waals surface area contributed by atoms with Crippen molar-refractivity contribution in [2.75, 3.05) is 0 Å². The Morgan fingerprint density at radius 2 is 1.95 bits per heavy atom. The number of nitrogens with one attached hydrogen (secondary N) is 1. The van der Waals surface area contributed by atoms with E-state index in [4.69, 9.17) is 11.6 Å². The summed E-state index contributed by atoms with van der Waals surface area (Å²) in [5.41, 5.74) is 4.29. The van der Waals surface area contributed by atoms with Gasteiger partial charge in [0.25, 0.3) is 5.91 Å². The van der Waals surface area contributed by atoms with Gasteiger partial charge in [-0.2, -0.15) is 0 Å². The molecule has 0 heterocycles. The lowest BCUT2D eigenvalue weighted by atomic mass is 10.1. The fraction of sp³-hybridized carbons (Fsp3) is 0.235. The summed E-state index contributed by atoms with van der Waals surface area (Å²) in [6.07, 6.45) is 1.90. The second kappa shape index (κ2) is 5.29. The van der Waals surface area contributed by atoms with Crippen molar-refractivity contribution in [3.8, 4) is 0 Å². The summed E-state index contributed by atoms with van der Waals surface area (Å²) >= 11 is 6.00. The molecule has 0 saturated carbocycles. The summed E-state index contributed by atoms with van der Waals surface area (Å²) in [5.74, 6) is -0.0159. The van der Waals surface area contributed by atoms with Gasteiger partial charge in [0.15, 0.2) is 0 Å². The van der Waals surface area contributed by atoms with Crippen LogP contribution in [0.15, 0.2) is 42.5 Å². The molecule has 0 aromatic heterocycles. The Balaban J connectivity index is 1.77. The number of rotatable bonds is 2. The van der Waals surface area contributed by atoms with Gasteiger partial charge in [0.05, 0.1) is 6.04 Å². The number of hydrogen-bond acceptors (Lipinski definition) is 1. The number of halogens is 1. The molecule has 2 aromatic carbocycles. The highest BCUT2D eigenvalue weighted by atomic mass is 35.5. The lowest BCUT2D eigenvalue weighted by Gasteiger charge is -2.14. The van der Waals surface area contributed by atoms with Crippen LogP contribution in [0.1, 0.15) is 39.5 Å². The quantitative estimate of drug-likeness (QED) is 0.885. The summed E-state index contributed by atoms with van der Waals surface area (Å²) in [6, 6.07) is 13.6. The van der Waals surface area contributed by atoms with Crippen molar-refractivity contribution in [3.05, 3.63) is 69.7 Å². The molecule has 2 nitrogen and oxygen atoms in total. The highest BCUT2D eigenvalue weighted by Crippen LogP contribution is 2.32.